The predicted molar refractivity (Wildman–Crippen MR) is 89.1 cm³/mol. The van der Waals surface area contributed by atoms with Gasteiger partial charge in [0.2, 0.25) is 15.9 Å². The lowest BCUT2D eigenvalue weighted by atomic mass is 10.2. The SMILES string of the molecule is COc1ccc(C)cc1S(=O)(=O)NCC(=O)NCCCN(C)C. The van der Waals surface area contributed by atoms with E-state index in [1.54, 1.807) is 19.1 Å². The van der Waals surface area contributed by atoms with Crippen molar-refractivity contribution in [1.29, 1.82) is 0 Å². The van der Waals surface area contributed by atoms with Gasteiger partial charge in [0.15, 0.2) is 0 Å². The fourth-order valence-electron chi connectivity index (χ4n) is 1.92. The van der Waals surface area contributed by atoms with E-state index in [-0.39, 0.29) is 23.1 Å². The van der Waals surface area contributed by atoms with Crippen molar-refractivity contribution in [3.63, 3.8) is 0 Å². The van der Waals surface area contributed by atoms with Crippen LogP contribution in [0.5, 0.6) is 5.75 Å². The van der Waals surface area contributed by atoms with Crippen molar-refractivity contribution in [3.05, 3.63) is 23.8 Å². The van der Waals surface area contributed by atoms with Crippen molar-refractivity contribution in [1.82, 2.24) is 14.9 Å². The first-order valence-electron chi connectivity index (χ1n) is 7.32. The highest BCUT2D eigenvalue weighted by atomic mass is 32.2. The Morgan fingerprint density at radius 1 is 1.30 bits per heavy atom. The summed E-state index contributed by atoms with van der Waals surface area (Å²) in [6, 6.07) is 4.86. The first-order chi connectivity index (χ1) is 10.8. The topological polar surface area (TPSA) is 87.7 Å². The van der Waals surface area contributed by atoms with E-state index in [1.807, 2.05) is 19.0 Å². The van der Waals surface area contributed by atoms with Gasteiger partial charge >= 0.3 is 0 Å². The third-order valence-electron chi connectivity index (χ3n) is 3.14. The van der Waals surface area contributed by atoms with Gasteiger partial charge in [0.25, 0.3) is 0 Å². The third-order valence-corrected chi connectivity index (χ3v) is 4.56. The minimum absolute atomic E-state index is 0.0282. The summed E-state index contributed by atoms with van der Waals surface area (Å²) in [5.41, 5.74) is 0.791. The highest BCUT2D eigenvalue weighted by Gasteiger charge is 2.20. The molecule has 1 aromatic carbocycles. The number of aryl methyl sites for hydroxylation is 1. The molecule has 0 saturated carbocycles. The monoisotopic (exact) mass is 343 g/mol. The molecular weight excluding hydrogens is 318 g/mol. The smallest absolute Gasteiger partial charge is 0.244 e. The number of methoxy groups -OCH3 is 1. The fraction of sp³-hybridized carbons (Fsp3) is 0.533. The summed E-state index contributed by atoms with van der Waals surface area (Å²) in [7, 11) is 1.49. The lowest BCUT2D eigenvalue weighted by molar-refractivity contribution is -0.119. The lowest BCUT2D eigenvalue weighted by Crippen LogP contribution is -2.37. The van der Waals surface area contributed by atoms with Crippen LogP contribution in [0.2, 0.25) is 0 Å². The molecule has 0 radical (unpaired) electrons. The number of rotatable bonds is 9. The molecular formula is C15H25N3O4S. The fourth-order valence-corrected chi connectivity index (χ4v) is 3.15. The van der Waals surface area contributed by atoms with Crippen LogP contribution in [-0.4, -0.2) is 60.1 Å². The number of nitrogens with zero attached hydrogens (tertiary/aromatic N) is 1. The normalized spacial score (nSPS) is 11.5. The lowest BCUT2D eigenvalue weighted by Gasteiger charge is -2.12. The number of amides is 1. The summed E-state index contributed by atoms with van der Waals surface area (Å²) in [5.74, 6) is -0.117. The van der Waals surface area contributed by atoms with E-state index in [2.05, 4.69) is 10.0 Å². The van der Waals surface area contributed by atoms with Crippen LogP contribution in [0.4, 0.5) is 0 Å². The Hall–Kier alpha value is -1.64. The molecule has 23 heavy (non-hydrogen) atoms. The Kier molecular flexibility index (Phi) is 7.47. The zero-order chi connectivity index (χ0) is 17.5. The van der Waals surface area contributed by atoms with Crippen LogP contribution in [-0.2, 0) is 14.8 Å². The summed E-state index contributed by atoms with van der Waals surface area (Å²) in [5, 5.41) is 2.68. The minimum Gasteiger partial charge on any atom is -0.495 e. The van der Waals surface area contributed by atoms with Gasteiger partial charge < -0.3 is 15.0 Å². The van der Waals surface area contributed by atoms with Crippen LogP contribution in [0.25, 0.3) is 0 Å². The van der Waals surface area contributed by atoms with Crippen LogP contribution < -0.4 is 14.8 Å². The van der Waals surface area contributed by atoms with Gasteiger partial charge in [-0.2, -0.15) is 0 Å². The van der Waals surface area contributed by atoms with E-state index in [1.165, 1.54) is 13.2 Å². The van der Waals surface area contributed by atoms with Crippen LogP contribution in [0, 0.1) is 6.92 Å². The van der Waals surface area contributed by atoms with Crippen molar-refractivity contribution in [3.8, 4) is 5.75 Å². The Morgan fingerprint density at radius 3 is 2.61 bits per heavy atom. The first-order valence-corrected chi connectivity index (χ1v) is 8.80. The molecule has 130 valence electrons. The molecule has 0 unspecified atom stereocenters. The predicted octanol–water partition coefficient (Wildman–Crippen LogP) is 0.350. The molecule has 1 rings (SSSR count). The molecule has 0 aliphatic heterocycles. The molecule has 7 nitrogen and oxygen atoms in total. The molecule has 2 N–H and O–H groups in total. The molecule has 0 spiro atoms. The van der Waals surface area contributed by atoms with Gasteiger partial charge in [-0.15, -0.1) is 0 Å². The summed E-state index contributed by atoms with van der Waals surface area (Å²) >= 11 is 0. The van der Waals surface area contributed by atoms with E-state index >= 15 is 0 Å². The average Bonchev–Trinajstić information content (AvgIpc) is 2.49. The highest BCUT2D eigenvalue weighted by molar-refractivity contribution is 7.89. The number of nitrogens with one attached hydrogen (secondary N) is 2. The quantitative estimate of drug-likeness (QED) is 0.632. The molecule has 1 amide bonds. The first kappa shape index (κ1) is 19.4. The maximum Gasteiger partial charge on any atom is 0.244 e. The number of sulfonamides is 1. The van der Waals surface area contributed by atoms with Gasteiger partial charge in [-0.05, 0) is 51.7 Å². The molecule has 0 fully saturated rings. The largest absolute Gasteiger partial charge is 0.495 e. The molecule has 0 aromatic heterocycles. The molecule has 0 bridgehead atoms. The summed E-state index contributed by atoms with van der Waals surface area (Å²) in [4.78, 5) is 13.7. The van der Waals surface area contributed by atoms with Crippen molar-refractivity contribution >= 4 is 15.9 Å². The average molecular weight is 343 g/mol. The summed E-state index contributed by atoms with van der Waals surface area (Å²) in [6.07, 6.45) is 0.803. The van der Waals surface area contributed by atoms with E-state index < -0.39 is 10.0 Å². The van der Waals surface area contributed by atoms with Gasteiger partial charge in [0, 0.05) is 6.54 Å². The van der Waals surface area contributed by atoms with Gasteiger partial charge in [0.1, 0.15) is 10.6 Å². The number of ether oxygens (including phenoxy) is 1. The second-order valence-electron chi connectivity index (χ2n) is 5.49. The number of benzene rings is 1. The van der Waals surface area contributed by atoms with E-state index in [0.29, 0.717) is 6.54 Å². The Morgan fingerprint density at radius 2 is 2.00 bits per heavy atom. The van der Waals surface area contributed by atoms with Crippen molar-refractivity contribution in [2.24, 2.45) is 0 Å². The van der Waals surface area contributed by atoms with Gasteiger partial charge in [-0.25, -0.2) is 13.1 Å². The zero-order valence-corrected chi connectivity index (χ0v) is 14.9. The minimum atomic E-state index is -3.81. The van der Waals surface area contributed by atoms with Crippen molar-refractivity contribution < 1.29 is 17.9 Å². The molecule has 0 heterocycles. The molecule has 0 aliphatic carbocycles. The highest BCUT2D eigenvalue weighted by Crippen LogP contribution is 2.24. The Labute approximate surface area is 138 Å². The zero-order valence-electron chi connectivity index (χ0n) is 14.0. The molecule has 8 heteroatoms. The molecule has 0 aliphatic rings. The second kappa shape index (κ2) is 8.85. The van der Waals surface area contributed by atoms with Gasteiger partial charge in [-0.1, -0.05) is 6.07 Å². The second-order valence-corrected chi connectivity index (χ2v) is 7.22. The number of carbonyl (C=O) groups is 1. The van der Waals surface area contributed by atoms with Crippen LogP contribution in [0.3, 0.4) is 0 Å². The Balaban J connectivity index is 2.59. The van der Waals surface area contributed by atoms with E-state index in [9.17, 15) is 13.2 Å². The molecule has 0 atom stereocenters. The van der Waals surface area contributed by atoms with Gasteiger partial charge in [-0.3, -0.25) is 4.79 Å². The van der Waals surface area contributed by atoms with Gasteiger partial charge in [0.05, 0.1) is 13.7 Å². The maximum atomic E-state index is 12.3. The van der Waals surface area contributed by atoms with Crippen molar-refractivity contribution in [2.45, 2.75) is 18.2 Å². The maximum absolute atomic E-state index is 12.3. The summed E-state index contributed by atoms with van der Waals surface area (Å²) < 4.78 is 32.0. The van der Waals surface area contributed by atoms with E-state index in [4.69, 9.17) is 4.74 Å². The van der Waals surface area contributed by atoms with Crippen molar-refractivity contribution in [2.75, 3.05) is 40.8 Å². The van der Waals surface area contributed by atoms with Crippen LogP contribution in [0.1, 0.15) is 12.0 Å². The number of hydrogen-bond donors (Lipinski definition) is 2. The Bertz CT molecular complexity index is 630. The van der Waals surface area contributed by atoms with Crippen LogP contribution >= 0.6 is 0 Å². The van der Waals surface area contributed by atoms with E-state index in [0.717, 1.165) is 18.5 Å². The number of carbonyl (C=O) groups excluding carboxylic acids is 1. The number of hydrogen-bond acceptors (Lipinski definition) is 5. The summed E-state index contributed by atoms with van der Waals surface area (Å²) in [6.45, 7) is 2.84. The van der Waals surface area contributed by atoms with Crippen LogP contribution in [0.15, 0.2) is 23.1 Å². The molecule has 1 aromatic rings. The molecule has 0 saturated heterocycles. The third kappa shape index (κ3) is 6.55. The standard InChI is InChI=1S/C15H25N3O4S/c1-12-6-7-13(22-4)14(10-12)23(20,21)17-11-15(19)16-8-5-9-18(2)3/h6-7,10,17H,5,8-9,11H2,1-4H3,(H,16,19).